The molecule has 0 saturated heterocycles. The van der Waals surface area contributed by atoms with Crippen LogP contribution in [-0.2, 0) is 19.0 Å². The molecule has 1 unspecified atom stereocenters. The Bertz CT molecular complexity index is 628. The minimum atomic E-state index is -1.02. The van der Waals surface area contributed by atoms with Crippen LogP contribution in [0.1, 0.15) is 65.7 Å². The highest BCUT2D eigenvalue weighted by Gasteiger charge is 2.50. The fourth-order valence-electron chi connectivity index (χ4n) is 5.74. The summed E-state index contributed by atoms with van der Waals surface area (Å²) in [6, 6.07) is 0. The van der Waals surface area contributed by atoms with E-state index in [4.69, 9.17) is 14.2 Å². The molecule has 0 radical (unpaired) electrons. The molecule has 0 N–H and O–H groups in total. The third-order valence-electron chi connectivity index (χ3n) is 7.25. The Morgan fingerprint density at radius 2 is 2.19 bits per heavy atom. The topological polar surface area (TPSA) is 44.8 Å². The molecule has 5 atom stereocenters. The Morgan fingerprint density at radius 3 is 2.89 bits per heavy atom. The lowest BCUT2D eigenvalue weighted by molar-refractivity contribution is -0.166. The normalized spacial score (nSPS) is 38.6. The lowest BCUT2D eigenvalue weighted by Crippen LogP contribution is -2.35. The van der Waals surface area contributed by atoms with Gasteiger partial charge in [-0.1, -0.05) is 35.4 Å². The zero-order chi connectivity index (χ0) is 19.7. The van der Waals surface area contributed by atoms with Gasteiger partial charge in [0.25, 0.3) is 0 Å². The van der Waals surface area contributed by atoms with Gasteiger partial charge in [0.05, 0.1) is 0 Å². The minimum absolute atomic E-state index is 0.0804. The Labute approximate surface area is 171 Å². The minimum Gasteiger partial charge on any atom is -0.429 e. The summed E-state index contributed by atoms with van der Waals surface area (Å²) in [4.78, 5) is 14.3. The highest BCUT2D eigenvalue weighted by molar-refractivity contribution is 9.11. The average Bonchev–Trinajstić information content (AvgIpc) is 3.14. The van der Waals surface area contributed by atoms with Gasteiger partial charge in [0.2, 0.25) is 0 Å². The predicted octanol–water partition coefficient (Wildman–Crippen LogP) is 5.72. The maximum Gasteiger partial charge on any atom is 0.347 e. The second-order valence-electron chi connectivity index (χ2n) is 8.95. The largest absolute Gasteiger partial charge is 0.429 e. The summed E-state index contributed by atoms with van der Waals surface area (Å²) in [6.07, 6.45) is 10.1. The second-order valence-corrected chi connectivity index (χ2v) is 9.41. The van der Waals surface area contributed by atoms with Gasteiger partial charge < -0.3 is 14.2 Å². The summed E-state index contributed by atoms with van der Waals surface area (Å²) in [5.41, 5.74) is 1.00. The molecular weight excluding hydrogens is 408 g/mol. The number of allylic oxidation sites excluding steroid dienone is 2. The Kier molecular flexibility index (Phi) is 6.54. The van der Waals surface area contributed by atoms with Crippen molar-refractivity contribution < 1.29 is 19.0 Å². The molecular formula is C22H33BrO4. The van der Waals surface area contributed by atoms with E-state index in [2.05, 4.69) is 34.8 Å². The maximum absolute atomic E-state index is 12.2. The molecule has 3 rings (SSSR count). The van der Waals surface area contributed by atoms with E-state index < -0.39 is 5.60 Å². The van der Waals surface area contributed by atoms with Crippen molar-refractivity contribution in [3.63, 3.8) is 0 Å². The van der Waals surface area contributed by atoms with Crippen LogP contribution < -0.4 is 0 Å². The van der Waals surface area contributed by atoms with Gasteiger partial charge in [-0.15, -0.1) is 0 Å². The van der Waals surface area contributed by atoms with Crippen molar-refractivity contribution in [1.29, 1.82) is 0 Å². The van der Waals surface area contributed by atoms with Crippen LogP contribution >= 0.6 is 15.9 Å². The van der Waals surface area contributed by atoms with Crippen molar-refractivity contribution >= 4 is 21.9 Å². The van der Waals surface area contributed by atoms with E-state index >= 15 is 0 Å². The van der Waals surface area contributed by atoms with Crippen LogP contribution in [-0.4, -0.2) is 25.5 Å². The number of methoxy groups -OCH3 is 1. The Balaban J connectivity index is 1.61. The molecule has 2 aliphatic carbocycles. The standard InChI is InChI=1S/C22H33BrO4/c1-15(7-8-17-12-22(3,20(24)27-17)26-14-25-4)18-9-10-19-16(13-23)6-5-11-21(18,19)2/h12-13,15,18-19H,5-11,14H2,1-4H3/b16-13+/t15-,18-,19?,21-,22-/m1/s1. The smallest absolute Gasteiger partial charge is 0.347 e. The third-order valence-corrected chi connectivity index (χ3v) is 7.84. The number of carbonyl (C=O) groups is 1. The molecule has 0 amide bonds. The fraction of sp³-hybridized carbons (Fsp3) is 0.773. The first-order valence-corrected chi connectivity index (χ1v) is 11.1. The number of cyclic esters (lactones) is 1. The number of hydrogen-bond donors (Lipinski definition) is 0. The van der Waals surface area contributed by atoms with Crippen LogP contribution in [0.25, 0.3) is 0 Å². The summed E-state index contributed by atoms with van der Waals surface area (Å²) < 4.78 is 15.9. The molecule has 0 aromatic carbocycles. The maximum atomic E-state index is 12.2. The molecule has 5 heteroatoms. The first-order chi connectivity index (χ1) is 12.8. The van der Waals surface area contributed by atoms with E-state index in [-0.39, 0.29) is 12.8 Å². The van der Waals surface area contributed by atoms with E-state index in [9.17, 15) is 4.79 Å². The lowest BCUT2D eigenvalue weighted by atomic mass is 9.61. The molecule has 0 spiro atoms. The summed E-state index contributed by atoms with van der Waals surface area (Å²) >= 11 is 3.60. The lowest BCUT2D eigenvalue weighted by Gasteiger charge is -2.44. The van der Waals surface area contributed by atoms with Crippen LogP contribution in [0.15, 0.2) is 22.4 Å². The molecule has 1 aliphatic heterocycles. The van der Waals surface area contributed by atoms with Gasteiger partial charge in [-0.05, 0) is 79.7 Å². The van der Waals surface area contributed by atoms with Gasteiger partial charge in [0.1, 0.15) is 12.6 Å². The van der Waals surface area contributed by atoms with E-state index in [1.165, 1.54) is 32.1 Å². The number of fused-ring (bicyclic) bond motifs is 1. The first-order valence-electron chi connectivity index (χ1n) is 10.2. The average molecular weight is 441 g/mol. The molecule has 4 nitrogen and oxygen atoms in total. The predicted molar refractivity (Wildman–Crippen MR) is 109 cm³/mol. The number of rotatable bonds is 7. The number of hydrogen-bond acceptors (Lipinski definition) is 4. The highest BCUT2D eigenvalue weighted by Crippen LogP contribution is 2.60. The van der Waals surface area contributed by atoms with Crippen LogP contribution in [0.3, 0.4) is 0 Å². The molecule has 0 bridgehead atoms. The molecule has 1 heterocycles. The summed E-state index contributed by atoms with van der Waals surface area (Å²) in [6.45, 7) is 6.70. The fourth-order valence-corrected chi connectivity index (χ4v) is 6.29. The zero-order valence-corrected chi connectivity index (χ0v) is 18.6. The molecule has 3 aliphatic rings. The third kappa shape index (κ3) is 4.06. The molecule has 27 heavy (non-hydrogen) atoms. The van der Waals surface area contributed by atoms with E-state index in [1.807, 2.05) is 6.08 Å². The molecule has 152 valence electrons. The van der Waals surface area contributed by atoms with E-state index in [0.717, 1.165) is 30.4 Å². The Hall–Kier alpha value is -0.650. The SMILES string of the molecule is COCO[C@]1(C)C=C(CC[C@@H](C)[C@H]2CCC3/C(=C/Br)CCC[C@@]32C)OC1=O. The van der Waals surface area contributed by atoms with Crippen molar-refractivity contribution in [1.82, 2.24) is 0 Å². The van der Waals surface area contributed by atoms with Gasteiger partial charge in [0.15, 0.2) is 5.60 Å². The number of ether oxygens (including phenoxy) is 3. The van der Waals surface area contributed by atoms with Crippen molar-refractivity contribution in [2.24, 2.45) is 23.2 Å². The number of halogens is 1. The van der Waals surface area contributed by atoms with Gasteiger partial charge >= 0.3 is 5.97 Å². The quantitative estimate of drug-likeness (QED) is 0.375. The van der Waals surface area contributed by atoms with Crippen LogP contribution in [0.5, 0.6) is 0 Å². The first kappa shape index (κ1) is 21.1. The van der Waals surface area contributed by atoms with Gasteiger partial charge in [-0.25, -0.2) is 4.79 Å². The van der Waals surface area contributed by atoms with E-state index in [1.54, 1.807) is 19.6 Å². The summed E-state index contributed by atoms with van der Waals surface area (Å²) in [5.74, 6) is 2.48. The van der Waals surface area contributed by atoms with Crippen LogP contribution in [0.2, 0.25) is 0 Å². The summed E-state index contributed by atoms with van der Waals surface area (Å²) in [5, 5.41) is 0. The molecule has 0 aromatic heterocycles. The van der Waals surface area contributed by atoms with Crippen molar-refractivity contribution in [2.45, 2.75) is 71.3 Å². The van der Waals surface area contributed by atoms with Crippen LogP contribution in [0, 0.1) is 23.2 Å². The van der Waals surface area contributed by atoms with Crippen LogP contribution in [0.4, 0.5) is 0 Å². The van der Waals surface area contributed by atoms with Crippen molar-refractivity contribution in [2.75, 3.05) is 13.9 Å². The van der Waals surface area contributed by atoms with Gasteiger partial charge in [-0.3, -0.25) is 0 Å². The van der Waals surface area contributed by atoms with Gasteiger partial charge in [-0.2, -0.15) is 0 Å². The van der Waals surface area contributed by atoms with E-state index in [0.29, 0.717) is 11.3 Å². The summed E-state index contributed by atoms with van der Waals surface area (Å²) in [7, 11) is 1.55. The van der Waals surface area contributed by atoms with Crippen molar-refractivity contribution in [3.8, 4) is 0 Å². The zero-order valence-electron chi connectivity index (χ0n) is 17.1. The highest BCUT2D eigenvalue weighted by atomic mass is 79.9. The number of carbonyl (C=O) groups excluding carboxylic acids is 1. The van der Waals surface area contributed by atoms with Gasteiger partial charge in [0, 0.05) is 13.5 Å². The molecule has 2 fully saturated rings. The Morgan fingerprint density at radius 1 is 1.41 bits per heavy atom. The second kappa shape index (κ2) is 8.38. The molecule has 0 aromatic rings. The molecule has 2 saturated carbocycles. The number of esters is 1. The van der Waals surface area contributed by atoms with Crippen molar-refractivity contribution in [3.05, 3.63) is 22.4 Å². The monoisotopic (exact) mass is 440 g/mol.